The Hall–Kier alpha value is -3.47. The van der Waals surface area contributed by atoms with Gasteiger partial charge in [-0.3, -0.25) is 0 Å². The highest BCUT2D eigenvalue weighted by atomic mass is 19.1. The Morgan fingerprint density at radius 3 is 2.30 bits per heavy atom. The van der Waals surface area contributed by atoms with Gasteiger partial charge in [0.1, 0.15) is 11.9 Å². The summed E-state index contributed by atoms with van der Waals surface area (Å²) in [4.78, 5) is 0. The number of halogens is 1. The fourth-order valence-corrected chi connectivity index (χ4v) is 2.88. The molecule has 0 bridgehead atoms. The number of hydrogen-bond donors (Lipinski definition) is 1. The van der Waals surface area contributed by atoms with Gasteiger partial charge in [-0.2, -0.15) is 0 Å². The van der Waals surface area contributed by atoms with Gasteiger partial charge in [-0.1, -0.05) is 48.5 Å². The zero-order chi connectivity index (χ0) is 18.6. The van der Waals surface area contributed by atoms with E-state index in [1.54, 1.807) is 12.1 Å². The van der Waals surface area contributed by atoms with Crippen LogP contribution in [-0.2, 0) is 0 Å². The average Bonchev–Trinajstić information content (AvgIpc) is 3.19. The first-order valence-corrected chi connectivity index (χ1v) is 8.67. The molecule has 0 amide bonds. The minimum absolute atomic E-state index is 0.288. The van der Waals surface area contributed by atoms with Crippen molar-refractivity contribution in [3.8, 4) is 11.5 Å². The molecule has 27 heavy (non-hydrogen) atoms. The summed E-state index contributed by atoms with van der Waals surface area (Å²) in [6, 6.07) is 23.4. The van der Waals surface area contributed by atoms with Crippen LogP contribution in [0.25, 0.3) is 11.5 Å². The highest BCUT2D eigenvalue weighted by Crippen LogP contribution is 2.29. The SMILES string of the molecule is Cc1ccccc1N[C@@H](c1ccc(F)cc1)c1nnc(-c2ccccc2)o1. The van der Waals surface area contributed by atoms with Gasteiger partial charge in [-0.15, -0.1) is 10.2 Å². The van der Waals surface area contributed by atoms with E-state index in [4.69, 9.17) is 4.42 Å². The van der Waals surface area contributed by atoms with Crippen LogP contribution in [0, 0.1) is 12.7 Å². The second kappa shape index (κ2) is 7.41. The van der Waals surface area contributed by atoms with E-state index < -0.39 is 6.04 Å². The molecular formula is C22H18FN3O. The quantitative estimate of drug-likeness (QED) is 0.519. The van der Waals surface area contributed by atoms with Gasteiger partial charge in [-0.25, -0.2) is 4.39 Å². The maximum atomic E-state index is 13.4. The molecule has 3 aromatic carbocycles. The molecule has 0 fully saturated rings. The minimum atomic E-state index is -0.392. The van der Waals surface area contributed by atoms with Crippen LogP contribution in [-0.4, -0.2) is 10.2 Å². The van der Waals surface area contributed by atoms with Crippen LogP contribution >= 0.6 is 0 Å². The van der Waals surface area contributed by atoms with Crippen LogP contribution in [0.3, 0.4) is 0 Å². The molecule has 1 N–H and O–H groups in total. The molecule has 0 aliphatic carbocycles. The molecule has 4 nitrogen and oxygen atoms in total. The van der Waals surface area contributed by atoms with E-state index in [1.807, 2.05) is 61.5 Å². The number of hydrogen-bond acceptors (Lipinski definition) is 4. The molecule has 0 unspecified atom stereocenters. The van der Waals surface area contributed by atoms with Crippen molar-refractivity contribution in [1.29, 1.82) is 0 Å². The van der Waals surface area contributed by atoms with Crippen molar-refractivity contribution in [2.24, 2.45) is 0 Å². The van der Waals surface area contributed by atoms with E-state index in [2.05, 4.69) is 15.5 Å². The molecule has 0 saturated carbocycles. The lowest BCUT2D eigenvalue weighted by Crippen LogP contribution is -2.13. The number of nitrogens with one attached hydrogen (secondary N) is 1. The molecule has 0 aliphatic rings. The van der Waals surface area contributed by atoms with Crippen LogP contribution in [0.15, 0.2) is 83.3 Å². The summed E-state index contributed by atoms with van der Waals surface area (Å²) < 4.78 is 19.3. The van der Waals surface area contributed by atoms with E-state index in [9.17, 15) is 4.39 Å². The molecule has 1 heterocycles. The van der Waals surface area contributed by atoms with Crippen molar-refractivity contribution in [3.63, 3.8) is 0 Å². The summed E-state index contributed by atoms with van der Waals surface area (Å²) >= 11 is 0. The number of anilines is 1. The van der Waals surface area contributed by atoms with Gasteiger partial charge in [-0.05, 0) is 48.4 Å². The zero-order valence-corrected chi connectivity index (χ0v) is 14.8. The van der Waals surface area contributed by atoms with Gasteiger partial charge in [0.25, 0.3) is 0 Å². The number of para-hydroxylation sites is 1. The van der Waals surface area contributed by atoms with Gasteiger partial charge < -0.3 is 9.73 Å². The van der Waals surface area contributed by atoms with Gasteiger partial charge in [0, 0.05) is 11.3 Å². The van der Waals surface area contributed by atoms with E-state index in [0.717, 1.165) is 22.4 Å². The third kappa shape index (κ3) is 3.72. The summed E-state index contributed by atoms with van der Waals surface area (Å²) in [5.41, 5.74) is 3.73. The average molecular weight is 359 g/mol. The Balaban J connectivity index is 1.73. The Bertz CT molecular complexity index is 1030. The number of aryl methyl sites for hydroxylation is 1. The van der Waals surface area contributed by atoms with Crippen LogP contribution in [0.1, 0.15) is 23.1 Å². The van der Waals surface area contributed by atoms with E-state index in [0.29, 0.717) is 11.8 Å². The Kier molecular flexibility index (Phi) is 4.66. The summed E-state index contributed by atoms with van der Waals surface area (Å²) in [5, 5.41) is 11.9. The monoisotopic (exact) mass is 359 g/mol. The lowest BCUT2D eigenvalue weighted by atomic mass is 10.1. The summed E-state index contributed by atoms with van der Waals surface area (Å²) in [5.74, 6) is 0.580. The standard InChI is InChI=1S/C22H18FN3O/c1-15-7-5-6-10-19(15)24-20(16-11-13-18(23)14-12-16)22-26-25-21(27-22)17-8-3-2-4-9-17/h2-14,20,24H,1H3/t20-/m0/s1. The molecule has 0 spiro atoms. The Morgan fingerprint density at radius 2 is 1.56 bits per heavy atom. The molecule has 4 rings (SSSR count). The number of benzene rings is 3. The second-order valence-electron chi connectivity index (χ2n) is 6.26. The summed E-state index contributed by atoms with van der Waals surface area (Å²) in [6.45, 7) is 2.02. The Morgan fingerprint density at radius 1 is 0.852 bits per heavy atom. The minimum Gasteiger partial charge on any atom is -0.418 e. The van der Waals surface area contributed by atoms with Crippen molar-refractivity contribution in [1.82, 2.24) is 10.2 Å². The number of nitrogens with zero attached hydrogens (tertiary/aromatic N) is 2. The highest BCUT2D eigenvalue weighted by Gasteiger charge is 2.22. The lowest BCUT2D eigenvalue weighted by Gasteiger charge is -2.18. The highest BCUT2D eigenvalue weighted by molar-refractivity contribution is 5.54. The fraction of sp³-hybridized carbons (Fsp3) is 0.0909. The van der Waals surface area contributed by atoms with Crippen molar-refractivity contribution in [2.75, 3.05) is 5.32 Å². The summed E-state index contributed by atoms with van der Waals surface area (Å²) in [7, 11) is 0. The maximum absolute atomic E-state index is 13.4. The first-order valence-electron chi connectivity index (χ1n) is 8.67. The molecule has 4 aromatic rings. The molecule has 0 radical (unpaired) electrons. The van der Waals surface area contributed by atoms with E-state index in [-0.39, 0.29) is 5.82 Å². The third-order valence-electron chi connectivity index (χ3n) is 4.36. The third-order valence-corrected chi connectivity index (χ3v) is 4.36. The van der Waals surface area contributed by atoms with Gasteiger partial charge >= 0.3 is 0 Å². The van der Waals surface area contributed by atoms with Crippen molar-refractivity contribution >= 4 is 5.69 Å². The molecule has 0 aliphatic heterocycles. The molecule has 1 atom stereocenters. The van der Waals surface area contributed by atoms with E-state index in [1.165, 1.54) is 12.1 Å². The summed E-state index contributed by atoms with van der Waals surface area (Å²) in [6.07, 6.45) is 0. The second-order valence-corrected chi connectivity index (χ2v) is 6.26. The molecule has 1 aromatic heterocycles. The van der Waals surface area contributed by atoms with E-state index >= 15 is 0 Å². The molecule has 134 valence electrons. The normalized spacial score (nSPS) is 11.9. The van der Waals surface area contributed by atoms with Crippen LogP contribution in [0.4, 0.5) is 10.1 Å². The topological polar surface area (TPSA) is 51.0 Å². The van der Waals surface area contributed by atoms with Gasteiger partial charge in [0.2, 0.25) is 11.8 Å². The largest absolute Gasteiger partial charge is 0.418 e. The first-order chi connectivity index (χ1) is 13.2. The fourth-order valence-electron chi connectivity index (χ4n) is 2.88. The van der Waals surface area contributed by atoms with Gasteiger partial charge in [0.05, 0.1) is 0 Å². The van der Waals surface area contributed by atoms with Crippen molar-refractivity contribution in [2.45, 2.75) is 13.0 Å². The molecular weight excluding hydrogens is 341 g/mol. The molecule has 5 heteroatoms. The number of aromatic nitrogens is 2. The molecule has 0 saturated heterocycles. The van der Waals surface area contributed by atoms with Crippen molar-refractivity contribution < 1.29 is 8.81 Å². The van der Waals surface area contributed by atoms with Gasteiger partial charge in [0.15, 0.2) is 0 Å². The van der Waals surface area contributed by atoms with Crippen molar-refractivity contribution in [3.05, 3.63) is 102 Å². The smallest absolute Gasteiger partial charge is 0.247 e. The maximum Gasteiger partial charge on any atom is 0.247 e. The predicted molar refractivity (Wildman–Crippen MR) is 103 cm³/mol. The lowest BCUT2D eigenvalue weighted by molar-refractivity contribution is 0.493. The van der Waals surface area contributed by atoms with Crippen LogP contribution < -0.4 is 5.32 Å². The predicted octanol–water partition coefficient (Wildman–Crippen LogP) is 5.39. The zero-order valence-electron chi connectivity index (χ0n) is 14.8. The Labute approximate surface area is 156 Å². The number of rotatable bonds is 5. The van der Waals surface area contributed by atoms with Crippen LogP contribution in [0.5, 0.6) is 0 Å². The van der Waals surface area contributed by atoms with Crippen LogP contribution in [0.2, 0.25) is 0 Å². The first kappa shape index (κ1) is 17.0.